The van der Waals surface area contributed by atoms with Gasteiger partial charge in [0.25, 0.3) is 0 Å². The molecular formula is C18H26O4. The van der Waals surface area contributed by atoms with E-state index in [0.717, 1.165) is 18.3 Å². The van der Waals surface area contributed by atoms with E-state index in [0.29, 0.717) is 0 Å². The molecule has 0 bridgehead atoms. The van der Waals surface area contributed by atoms with Crippen molar-refractivity contribution in [3.8, 4) is 0 Å². The average molecular weight is 306 g/mol. The van der Waals surface area contributed by atoms with E-state index in [1.54, 1.807) is 0 Å². The Labute approximate surface area is 133 Å². The topological polar surface area (TPSA) is 63.6 Å². The van der Waals surface area contributed by atoms with Gasteiger partial charge in [0.2, 0.25) is 0 Å². The standard InChI is InChI=1S/C11H16.C4H6O2.C3H4O2/c1-10(2)8-9-11-6-4-3-5-7-11;1-3-6-4(2)5;1-2-3(4)5/h3-7,10H,8-9H2,1-2H3;3H,1H2,2H3;2H,1H2,(H,4,5). The van der Waals surface area contributed by atoms with E-state index >= 15 is 0 Å². The molecule has 4 nitrogen and oxygen atoms in total. The number of carbonyl (C=O) groups is 2. The van der Waals surface area contributed by atoms with Gasteiger partial charge < -0.3 is 9.84 Å². The fourth-order valence-electron chi connectivity index (χ4n) is 1.22. The van der Waals surface area contributed by atoms with Crippen molar-refractivity contribution in [2.45, 2.75) is 33.6 Å². The van der Waals surface area contributed by atoms with E-state index in [-0.39, 0.29) is 5.97 Å². The van der Waals surface area contributed by atoms with Crippen molar-refractivity contribution in [1.82, 2.24) is 0 Å². The summed E-state index contributed by atoms with van der Waals surface area (Å²) < 4.78 is 4.17. The quantitative estimate of drug-likeness (QED) is 0.502. The predicted octanol–water partition coefficient (Wildman–Crippen LogP) is 4.23. The number of ether oxygens (including phenoxy) is 1. The van der Waals surface area contributed by atoms with Gasteiger partial charge in [0.05, 0.1) is 6.26 Å². The Morgan fingerprint density at radius 3 is 2.00 bits per heavy atom. The summed E-state index contributed by atoms with van der Waals surface area (Å²) in [5.41, 5.74) is 1.46. The van der Waals surface area contributed by atoms with E-state index in [2.05, 4.69) is 62.1 Å². The largest absolute Gasteiger partial charge is 0.478 e. The molecule has 0 heterocycles. The van der Waals surface area contributed by atoms with Crippen molar-refractivity contribution >= 4 is 11.9 Å². The summed E-state index contributed by atoms with van der Waals surface area (Å²) in [7, 11) is 0. The summed E-state index contributed by atoms with van der Waals surface area (Å²) in [6.45, 7) is 12.0. The molecule has 0 saturated heterocycles. The minimum atomic E-state index is -0.981. The molecule has 0 aliphatic heterocycles. The molecule has 122 valence electrons. The molecule has 0 spiro atoms. The zero-order valence-electron chi connectivity index (χ0n) is 13.6. The summed E-state index contributed by atoms with van der Waals surface area (Å²) in [5, 5.41) is 7.60. The first kappa shape index (κ1) is 21.9. The van der Waals surface area contributed by atoms with Crippen LogP contribution in [0.5, 0.6) is 0 Å². The summed E-state index contributed by atoms with van der Waals surface area (Å²) in [5.74, 6) is -0.495. The van der Waals surface area contributed by atoms with Crippen LogP contribution >= 0.6 is 0 Å². The molecule has 1 N–H and O–H groups in total. The van der Waals surface area contributed by atoms with Gasteiger partial charge in [-0.05, 0) is 24.3 Å². The van der Waals surface area contributed by atoms with Crippen LogP contribution in [0, 0.1) is 5.92 Å². The molecule has 0 aliphatic carbocycles. The number of hydrogen-bond acceptors (Lipinski definition) is 3. The molecule has 0 aromatic heterocycles. The molecule has 1 aromatic carbocycles. The highest BCUT2D eigenvalue weighted by Crippen LogP contribution is 2.07. The molecule has 1 aromatic rings. The van der Waals surface area contributed by atoms with Gasteiger partial charge in [0, 0.05) is 13.0 Å². The number of aryl methyl sites for hydroxylation is 1. The monoisotopic (exact) mass is 306 g/mol. The van der Waals surface area contributed by atoms with Gasteiger partial charge in [-0.3, -0.25) is 4.79 Å². The minimum Gasteiger partial charge on any atom is -0.478 e. The fraction of sp³-hybridized carbons (Fsp3) is 0.333. The number of carboxylic acid groups (broad SMARTS) is 1. The van der Waals surface area contributed by atoms with Crippen LogP contribution in [0.15, 0.2) is 55.8 Å². The molecule has 0 saturated carbocycles. The van der Waals surface area contributed by atoms with Gasteiger partial charge in [0.1, 0.15) is 0 Å². The predicted molar refractivity (Wildman–Crippen MR) is 89.4 cm³/mol. The van der Waals surface area contributed by atoms with E-state index in [1.807, 2.05) is 0 Å². The molecule has 0 unspecified atom stereocenters. The van der Waals surface area contributed by atoms with Gasteiger partial charge >= 0.3 is 11.9 Å². The van der Waals surface area contributed by atoms with Gasteiger partial charge in [-0.25, -0.2) is 4.79 Å². The van der Waals surface area contributed by atoms with E-state index < -0.39 is 5.97 Å². The molecule has 0 atom stereocenters. The van der Waals surface area contributed by atoms with Crippen LogP contribution in [0.3, 0.4) is 0 Å². The van der Waals surface area contributed by atoms with Crippen molar-refractivity contribution in [3.05, 3.63) is 61.4 Å². The van der Waals surface area contributed by atoms with Crippen LogP contribution in [-0.2, 0) is 20.7 Å². The molecule has 0 radical (unpaired) electrons. The number of hydrogen-bond donors (Lipinski definition) is 1. The second-order valence-electron chi connectivity index (χ2n) is 4.74. The lowest BCUT2D eigenvalue weighted by atomic mass is 10.0. The Hall–Kier alpha value is -2.36. The van der Waals surface area contributed by atoms with E-state index in [9.17, 15) is 9.59 Å². The van der Waals surface area contributed by atoms with Crippen LogP contribution in [0.1, 0.15) is 32.8 Å². The Morgan fingerprint density at radius 2 is 1.73 bits per heavy atom. The maximum atomic E-state index is 9.75. The summed E-state index contributed by atoms with van der Waals surface area (Å²) in [6, 6.07) is 10.7. The zero-order valence-corrected chi connectivity index (χ0v) is 13.6. The Bertz CT molecular complexity index is 436. The van der Waals surface area contributed by atoms with E-state index in [1.165, 1.54) is 25.3 Å². The lowest BCUT2D eigenvalue weighted by Gasteiger charge is -2.03. The smallest absolute Gasteiger partial charge is 0.327 e. The maximum Gasteiger partial charge on any atom is 0.327 e. The number of benzene rings is 1. The first-order chi connectivity index (χ1) is 10.3. The molecule has 0 fully saturated rings. The number of carbonyl (C=O) groups excluding carboxylic acids is 1. The maximum absolute atomic E-state index is 9.75. The van der Waals surface area contributed by atoms with Crippen LogP contribution in [0.25, 0.3) is 0 Å². The lowest BCUT2D eigenvalue weighted by Crippen LogP contribution is -1.91. The van der Waals surface area contributed by atoms with Crippen LogP contribution < -0.4 is 0 Å². The third kappa shape index (κ3) is 20.0. The van der Waals surface area contributed by atoms with Crippen LogP contribution in [0.2, 0.25) is 0 Å². The molecule has 0 aliphatic rings. The van der Waals surface area contributed by atoms with E-state index in [4.69, 9.17) is 5.11 Å². The van der Waals surface area contributed by atoms with Crippen molar-refractivity contribution in [1.29, 1.82) is 0 Å². The van der Waals surface area contributed by atoms with Crippen molar-refractivity contribution in [2.24, 2.45) is 5.92 Å². The number of rotatable bonds is 5. The first-order valence-corrected chi connectivity index (χ1v) is 7.00. The molecule has 4 heteroatoms. The van der Waals surface area contributed by atoms with Crippen molar-refractivity contribution in [2.75, 3.05) is 0 Å². The third-order valence-corrected chi connectivity index (χ3v) is 2.28. The lowest BCUT2D eigenvalue weighted by molar-refractivity contribution is -0.135. The number of carboxylic acids is 1. The first-order valence-electron chi connectivity index (χ1n) is 7.00. The van der Waals surface area contributed by atoms with Gasteiger partial charge in [0.15, 0.2) is 0 Å². The second kappa shape index (κ2) is 15.0. The van der Waals surface area contributed by atoms with Gasteiger partial charge in [-0.1, -0.05) is 57.3 Å². The fourth-order valence-corrected chi connectivity index (χ4v) is 1.22. The second-order valence-corrected chi connectivity index (χ2v) is 4.74. The molecule has 1 rings (SSSR count). The highest BCUT2D eigenvalue weighted by atomic mass is 16.5. The van der Waals surface area contributed by atoms with Gasteiger partial charge in [-0.15, -0.1) is 0 Å². The summed E-state index contributed by atoms with van der Waals surface area (Å²) in [6.07, 6.45) is 4.45. The highest BCUT2D eigenvalue weighted by Gasteiger charge is 1.94. The summed E-state index contributed by atoms with van der Waals surface area (Å²) in [4.78, 5) is 19.0. The van der Waals surface area contributed by atoms with Crippen molar-refractivity contribution < 1.29 is 19.4 Å². The van der Waals surface area contributed by atoms with Crippen LogP contribution in [0.4, 0.5) is 0 Å². The Balaban J connectivity index is 0. The van der Waals surface area contributed by atoms with Crippen molar-refractivity contribution in [3.63, 3.8) is 0 Å². The molecule has 0 amide bonds. The highest BCUT2D eigenvalue weighted by molar-refractivity contribution is 5.78. The average Bonchev–Trinajstić information content (AvgIpc) is 2.47. The zero-order chi connectivity index (χ0) is 17.4. The number of aliphatic carboxylic acids is 1. The van der Waals surface area contributed by atoms with Crippen LogP contribution in [-0.4, -0.2) is 17.0 Å². The molecular weight excluding hydrogens is 280 g/mol. The van der Waals surface area contributed by atoms with Gasteiger partial charge in [-0.2, -0.15) is 0 Å². The summed E-state index contributed by atoms with van der Waals surface area (Å²) >= 11 is 0. The Kier molecular flexibility index (Phi) is 15.0. The Morgan fingerprint density at radius 1 is 1.23 bits per heavy atom. The minimum absolute atomic E-state index is 0.329. The molecule has 22 heavy (non-hydrogen) atoms. The third-order valence-electron chi connectivity index (χ3n) is 2.28. The SMILES string of the molecule is C=CC(=O)O.C=COC(C)=O.CC(C)CCc1ccccc1. The number of esters is 1. The normalized spacial score (nSPS) is 8.55.